The molecule has 0 aliphatic carbocycles. The maximum atomic E-state index is 5.71. The number of hydrogen-bond donors (Lipinski definition) is 1. The number of rotatable bonds is 5. The van der Waals surface area contributed by atoms with E-state index in [1.54, 1.807) is 6.26 Å². The summed E-state index contributed by atoms with van der Waals surface area (Å²) in [5, 5.41) is 3.37. The molecule has 2 aliphatic rings. The summed E-state index contributed by atoms with van der Waals surface area (Å²) in [6.07, 6.45) is 5.59. The van der Waals surface area contributed by atoms with Crippen LogP contribution in [0.4, 0.5) is 6.01 Å². The SMILES string of the molecule is CCCNCc1coc(N2CC3CCCN3CC2C)n1. The number of hydrogen-bond acceptors (Lipinski definition) is 5. The summed E-state index contributed by atoms with van der Waals surface area (Å²) >= 11 is 0. The van der Waals surface area contributed by atoms with Gasteiger partial charge < -0.3 is 14.6 Å². The van der Waals surface area contributed by atoms with Crippen LogP contribution in [0.2, 0.25) is 0 Å². The smallest absolute Gasteiger partial charge is 0.297 e. The molecule has 3 rings (SSSR count). The predicted octanol–water partition coefficient (Wildman–Crippen LogP) is 1.85. The molecule has 0 saturated carbocycles. The van der Waals surface area contributed by atoms with Gasteiger partial charge in [-0.3, -0.25) is 4.90 Å². The third-order valence-corrected chi connectivity index (χ3v) is 4.46. The molecule has 1 N–H and O–H groups in total. The van der Waals surface area contributed by atoms with E-state index in [1.165, 1.54) is 19.4 Å². The molecule has 5 heteroatoms. The topological polar surface area (TPSA) is 44.5 Å². The molecule has 2 atom stereocenters. The fourth-order valence-electron chi connectivity index (χ4n) is 3.36. The molecule has 2 aliphatic heterocycles. The van der Waals surface area contributed by atoms with Crippen LogP contribution in [0.25, 0.3) is 0 Å². The van der Waals surface area contributed by atoms with Gasteiger partial charge in [-0.2, -0.15) is 4.98 Å². The maximum Gasteiger partial charge on any atom is 0.297 e. The van der Waals surface area contributed by atoms with Gasteiger partial charge in [0.2, 0.25) is 0 Å². The zero-order valence-electron chi connectivity index (χ0n) is 12.6. The molecule has 20 heavy (non-hydrogen) atoms. The largest absolute Gasteiger partial charge is 0.432 e. The Balaban J connectivity index is 1.63. The van der Waals surface area contributed by atoms with Crippen molar-refractivity contribution in [1.29, 1.82) is 0 Å². The molecular weight excluding hydrogens is 252 g/mol. The van der Waals surface area contributed by atoms with E-state index in [0.717, 1.165) is 44.3 Å². The van der Waals surface area contributed by atoms with Crippen molar-refractivity contribution in [2.75, 3.05) is 31.1 Å². The minimum atomic E-state index is 0.486. The molecule has 2 saturated heterocycles. The average Bonchev–Trinajstić information content (AvgIpc) is 3.06. The Hall–Kier alpha value is -1.07. The monoisotopic (exact) mass is 278 g/mol. The van der Waals surface area contributed by atoms with Gasteiger partial charge >= 0.3 is 0 Å². The standard InChI is InChI=1S/C15H26N4O/c1-3-6-16-8-13-11-20-15(17-13)19-10-14-5-4-7-18(14)9-12(19)2/h11-12,14,16H,3-10H2,1-2H3. The molecule has 0 radical (unpaired) electrons. The average molecular weight is 278 g/mol. The lowest BCUT2D eigenvalue weighted by Crippen LogP contribution is -2.55. The third kappa shape index (κ3) is 2.83. The van der Waals surface area contributed by atoms with Crippen molar-refractivity contribution >= 4 is 6.01 Å². The van der Waals surface area contributed by atoms with Crippen molar-refractivity contribution in [2.24, 2.45) is 0 Å². The van der Waals surface area contributed by atoms with Gasteiger partial charge in [0.15, 0.2) is 0 Å². The summed E-state index contributed by atoms with van der Waals surface area (Å²) in [5.74, 6) is 0. The maximum absolute atomic E-state index is 5.71. The Morgan fingerprint density at radius 1 is 1.45 bits per heavy atom. The second-order valence-corrected chi connectivity index (χ2v) is 6.09. The molecule has 0 aromatic carbocycles. The molecule has 3 heterocycles. The van der Waals surface area contributed by atoms with E-state index in [2.05, 4.69) is 33.9 Å². The Bertz CT molecular complexity index is 433. The minimum absolute atomic E-state index is 0.486. The van der Waals surface area contributed by atoms with Crippen LogP contribution >= 0.6 is 0 Å². The van der Waals surface area contributed by atoms with Crippen LogP contribution in [0.15, 0.2) is 10.7 Å². The summed E-state index contributed by atoms with van der Waals surface area (Å²) in [6, 6.07) is 1.98. The Morgan fingerprint density at radius 2 is 2.35 bits per heavy atom. The van der Waals surface area contributed by atoms with Crippen molar-refractivity contribution in [3.63, 3.8) is 0 Å². The van der Waals surface area contributed by atoms with Crippen molar-refractivity contribution in [2.45, 2.75) is 51.7 Å². The highest BCUT2D eigenvalue weighted by molar-refractivity contribution is 5.31. The molecule has 0 bridgehead atoms. The number of oxazole rings is 1. The van der Waals surface area contributed by atoms with Gasteiger partial charge in [-0.25, -0.2) is 0 Å². The van der Waals surface area contributed by atoms with Crippen LogP contribution in [0.3, 0.4) is 0 Å². The van der Waals surface area contributed by atoms with Gasteiger partial charge in [-0.15, -0.1) is 0 Å². The minimum Gasteiger partial charge on any atom is -0.432 e. The molecule has 2 unspecified atom stereocenters. The first-order valence-electron chi connectivity index (χ1n) is 7.93. The lowest BCUT2D eigenvalue weighted by molar-refractivity contribution is 0.197. The van der Waals surface area contributed by atoms with Crippen LogP contribution in [-0.2, 0) is 6.54 Å². The van der Waals surface area contributed by atoms with E-state index >= 15 is 0 Å². The second kappa shape index (κ2) is 6.14. The van der Waals surface area contributed by atoms with E-state index in [9.17, 15) is 0 Å². The first-order chi connectivity index (χ1) is 9.78. The number of fused-ring (bicyclic) bond motifs is 1. The van der Waals surface area contributed by atoms with Gasteiger partial charge in [0.25, 0.3) is 6.01 Å². The van der Waals surface area contributed by atoms with Crippen molar-refractivity contribution in [3.8, 4) is 0 Å². The fourth-order valence-corrected chi connectivity index (χ4v) is 3.36. The van der Waals surface area contributed by atoms with E-state index in [0.29, 0.717) is 12.1 Å². The highest BCUT2D eigenvalue weighted by Gasteiger charge is 2.36. The van der Waals surface area contributed by atoms with Crippen molar-refractivity contribution < 1.29 is 4.42 Å². The molecule has 0 amide bonds. The van der Waals surface area contributed by atoms with Crippen LogP contribution in [0.1, 0.15) is 38.8 Å². The number of aromatic nitrogens is 1. The highest BCUT2D eigenvalue weighted by Crippen LogP contribution is 2.28. The van der Waals surface area contributed by atoms with Crippen LogP contribution in [0, 0.1) is 0 Å². The third-order valence-electron chi connectivity index (χ3n) is 4.46. The van der Waals surface area contributed by atoms with Crippen molar-refractivity contribution in [1.82, 2.24) is 15.2 Å². The molecule has 112 valence electrons. The fraction of sp³-hybridized carbons (Fsp3) is 0.800. The van der Waals surface area contributed by atoms with Gasteiger partial charge in [0.05, 0.1) is 5.69 Å². The Labute approximate surface area is 121 Å². The van der Waals surface area contributed by atoms with E-state index in [1.807, 2.05) is 0 Å². The van der Waals surface area contributed by atoms with E-state index in [4.69, 9.17) is 4.42 Å². The Kier molecular flexibility index (Phi) is 4.27. The molecule has 1 aromatic heterocycles. The zero-order chi connectivity index (χ0) is 13.9. The quantitative estimate of drug-likeness (QED) is 0.833. The predicted molar refractivity (Wildman–Crippen MR) is 79.9 cm³/mol. The molecule has 0 spiro atoms. The van der Waals surface area contributed by atoms with Crippen molar-refractivity contribution in [3.05, 3.63) is 12.0 Å². The second-order valence-electron chi connectivity index (χ2n) is 6.09. The summed E-state index contributed by atoms with van der Waals surface area (Å²) in [5.41, 5.74) is 1.01. The molecular formula is C15H26N4O. The summed E-state index contributed by atoms with van der Waals surface area (Å²) < 4.78 is 5.71. The normalized spacial score (nSPS) is 27.0. The van der Waals surface area contributed by atoms with Gasteiger partial charge in [0.1, 0.15) is 6.26 Å². The summed E-state index contributed by atoms with van der Waals surface area (Å²) in [4.78, 5) is 9.61. The first-order valence-corrected chi connectivity index (χ1v) is 7.93. The summed E-state index contributed by atoms with van der Waals surface area (Å²) in [7, 11) is 0. The number of piperazine rings is 1. The Morgan fingerprint density at radius 3 is 3.20 bits per heavy atom. The molecule has 5 nitrogen and oxygen atoms in total. The number of nitrogens with one attached hydrogen (secondary N) is 1. The number of anilines is 1. The lowest BCUT2D eigenvalue weighted by atomic mass is 10.1. The van der Waals surface area contributed by atoms with E-state index in [-0.39, 0.29) is 0 Å². The van der Waals surface area contributed by atoms with Gasteiger partial charge in [-0.05, 0) is 39.3 Å². The number of nitrogens with zero attached hydrogens (tertiary/aromatic N) is 3. The summed E-state index contributed by atoms with van der Waals surface area (Å²) in [6.45, 7) is 9.73. The molecule has 2 fully saturated rings. The van der Waals surface area contributed by atoms with Crippen LogP contribution < -0.4 is 10.2 Å². The van der Waals surface area contributed by atoms with E-state index < -0.39 is 0 Å². The van der Waals surface area contributed by atoms with Crippen LogP contribution in [-0.4, -0.2) is 48.1 Å². The molecule has 1 aromatic rings. The van der Waals surface area contributed by atoms with Gasteiger partial charge in [-0.1, -0.05) is 6.92 Å². The first kappa shape index (κ1) is 13.9. The zero-order valence-corrected chi connectivity index (χ0v) is 12.6. The van der Waals surface area contributed by atoms with Crippen LogP contribution in [0.5, 0.6) is 0 Å². The van der Waals surface area contributed by atoms with Gasteiger partial charge in [0, 0.05) is 31.7 Å². The highest BCUT2D eigenvalue weighted by atomic mass is 16.4. The lowest BCUT2D eigenvalue weighted by Gasteiger charge is -2.41.